The minimum atomic E-state index is -4.69. The van der Waals surface area contributed by atoms with Crippen LogP contribution in [0.2, 0.25) is 0 Å². The molecule has 0 radical (unpaired) electrons. The quantitative estimate of drug-likeness (QED) is 0.677. The molecule has 7 heteroatoms. The molecule has 1 aliphatic heterocycles. The zero-order chi connectivity index (χ0) is 19.9. The molecule has 1 aromatic carbocycles. The number of carbonyl (C=O) groups excluding carboxylic acids is 1. The average Bonchev–Trinajstić information content (AvgIpc) is 2.51. The summed E-state index contributed by atoms with van der Waals surface area (Å²) in [6, 6.07) is 6.31. The Balaban J connectivity index is 1.65. The van der Waals surface area contributed by atoms with Crippen molar-refractivity contribution in [3.8, 4) is 5.75 Å². The zero-order valence-corrected chi connectivity index (χ0v) is 15.9. The van der Waals surface area contributed by atoms with Gasteiger partial charge in [-0.05, 0) is 75.5 Å². The Morgan fingerprint density at radius 2 is 1.81 bits per heavy atom. The minimum absolute atomic E-state index is 0.0510. The third-order valence-electron chi connectivity index (χ3n) is 5.58. The first-order valence-corrected chi connectivity index (χ1v) is 9.31. The number of halogens is 3. The second-order valence-corrected chi connectivity index (χ2v) is 8.54. The van der Waals surface area contributed by atoms with Crippen molar-refractivity contribution in [3.05, 3.63) is 29.8 Å². The van der Waals surface area contributed by atoms with Crippen LogP contribution in [-0.2, 0) is 4.74 Å². The van der Waals surface area contributed by atoms with Gasteiger partial charge in [-0.25, -0.2) is 4.79 Å². The molecule has 0 aromatic heterocycles. The molecule has 4 nitrogen and oxygen atoms in total. The van der Waals surface area contributed by atoms with Crippen molar-refractivity contribution in [2.45, 2.75) is 64.3 Å². The van der Waals surface area contributed by atoms with Crippen LogP contribution >= 0.6 is 0 Å². The van der Waals surface area contributed by atoms with Crippen molar-refractivity contribution < 1.29 is 27.4 Å². The van der Waals surface area contributed by atoms with E-state index in [0.29, 0.717) is 13.1 Å². The summed E-state index contributed by atoms with van der Waals surface area (Å²) in [5.41, 5.74) is 0.410. The van der Waals surface area contributed by atoms with Gasteiger partial charge in [0.1, 0.15) is 11.4 Å². The van der Waals surface area contributed by atoms with Gasteiger partial charge in [0.2, 0.25) is 0 Å². The molecule has 150 valence electrons. The highest BCUT2D eigenvalue weighted by molar-refractivity contribution is 5.68. The van der Waals surface area contributed by atoms with Gasteiger partial charge >= 0.3 is 12.5 Å². The Hall–Kier alpha value is -1.92. The normalized spacial score (nSPS) is 22.3. The maximum absolute atomic E-state index is 12.5. The summed E-state index contributed by atoms with van der Waals surface area (Å²) in [4.78, 5) is 14.0. The van der Waals surface area contributed by atoms with Crippen LogP contribution in [0.15, 0.2) is 24.3 Å². The summed E-state index contributed by atoms with van der Waals surface area (Å²) in [7, 11) is 0. The number of rotatable bonds is 2. The van der Waals surface area contributed by atoms with Crippen molar-refractivity contribution in [2.24, 2.45) is 5.41 Å². The molecule has 1 spiro atoms. The van der Waals surface area contributed by atoms with Crippen LogP contribution in [0.1, 0.15) is 57.9 Å². The van der Waals surface area contributed by atoms with E-state index in [1.54, 1.807) is 11.0 Å². The lowest BCUT2D eigenvalue weighted by molar-refractivity contribution is -0.274. The van der Waals surface area contributed by atoms with Gasteiger partial charge in [-0.15, -0.1) is 13.2 Å². The highest BCUT2D eigenvalue weighted by Crippen LogP contribution is 2.59. The SMILES string of the molecule is CC(C)(C)OC(=O)N1CCC2(CCC2c2cccc(OC(F)(F)F)c2)CC1. The standard InChI is InChI=1S/C20H26F3NO3/c1-18(2,3)27-17(25)24-11-9-19(10-12-24)8-7-16(19)14-5-4-6-15(13-14)26-20(21,22)23/h4-6,13,16H,7-12H2,1-3H3. The van der Waals surface area contributed by atoms with Crippen LogP contribution in [-0.4, -0.2) is 36.0 Å². The Bertz CT molecular complexity index is 688. The smallest absolute Gasteiger partial charge is 0.444 e. The van der Waals surface area contributed by atoms with Gasteiger partial charge in [-0.1, -0.05) is 12.1 Å². The highest BCUT2D eigenvalue weighted by Gasteiger charge is 2.49. The van der Waals surface area contributed by atoms with Gasteiger partial charge < -0.3 is 14.4 Å². The number of piperidine rings is 1. The molecule has 2 fully saturated rings. The summed E-state index contributed by atoms with van der Waals surface area (Å²) in [5, 5.41) is 0. The van der Waals surface area contributed by atoms with E-state index in [1.165, 1.54) is 12.1 Å². The molecule has 1 saturated carbocycles. The molecule has 2 aliphatic rings. The van der Waals surface area contributed by atoms with E-state index in [9.17, 15) is 18.0 Å². The second kappa shape index (κ2) is 6.91. The Kier molecular flexibility index (Phi) is 5.08. The zero-order valence-electron chi connectivity index (χ0n) is 15.9. The van der Waals surface area contributed by atoms with Crippen LogP contribution in [0.3, 0.4) is 0 Å². The van der Waals surface area contributed by atoms with Crippen LogP contribution in [0, 0.1) is 5.41 Å². The van der Waals surface area contributed by atoms with E-state index in [1.807, 2.05) is 26.8 Å². The van der Waals surface area contributed by atoms with Crippen molar-refractivity contribution >= 4 is 6.09 Å². The summed E-state index contributed by atoms with van der Waals surface area (Å²) < 4.78 is 46.9. The summed E-state index contributed by atoms with van der Waals surface area (Å²) >= 11 is 0. The summed E-state index contributed by atoms with van der Waals surface area (Å²) in [6.07, 6.45) is -1.34. The minimum Gasteiger partial charge on any atom is -0.444 e. The first-order chi connectivity index (χ1) is 12.5. The predicted molar refractivity (Wildman–Crippen MR) is 94.6 cm³/mol. The number of carbonyl (C=O) groups is 1. The largest absolute Gasteiger partial charge is 0.573 e. The highest BCUT2D eigenvalue weighted by atomic mass is 19.4. The molecule has 27 heavy (non-hydrogen) atoms. The third-order valence-corrected chi connectivity index (χ3v) is 5.58. The molecule has 1 amide bonds. The lowest BCUT2D eigenvalue weighted by Crippen LogP contribution is -2.50. The molecule has 1 aliphatic carbocycles. The molecule has 1 saturated heterocycles. The van der Waals surface area contributed by atoms with Crippen molar-refractivity contribution in [2.75, 3.05) is 13.1 Å². The molecule has 0 N–H and O–H groups in total. The molecule has 1 unspecified atom stereocenters. The number of hydrogen-bond acceptors (Lipinski definition) is 3. The van der Waals surface area contributed by atoms with E-state index < -0.39 is 12.0 Å². The number of alkyl halides is 3. The van der Waals surface area contributed by atoms with Gasteiger partial charge in [0, 0.05) is 13.1 Å². The van der Waals surface area contributed by atoms with Crippen LogP contribution in [0.5, 0.6) is 5.75 Å². The molecule has 1 heterocycles. The maximum Gasteiger partial charge on any atom is 0.573 e. The number of nitrogens with zero attached hydrogens (tertiary/aromatic N) is 1. The fraction of sp³-hybridized carbons (Fsp3) is 0.650. The van der Waals surface area contributed by atoms with E-state index >= 15 is 0 Å². The molecular formula is C20H26F3NO3. The predicted octanol–water partition coefficient (Wildman–Crippen LogP) is 5.48. The Morgan fingerprint density at radius 3 is 2.33 bits per heavy atom. The van der Waals surface area contributed by atoms with E-state index in [4.69, 9.17) is 4.74 Å². The van der Waals surface area contributed by atoms with Gasteiger partial charge in [-0.2, -0.15) is 0 Å². The summed E-state index contributed by atoms with van der Waals surface area (Å²) in [6.45, 7) is 6.76. The molecule has 1 aromatic rings. The number of amides is 1. The van der Waals surface area contributed by atoms with Crippen LogP contribution in [0.4, 0.5) is 18.0 Å². The van der Waals surface area contributed by atoms with Crippen LogP contribution < -0.4 is 4.74 Å². The first kappa shape index (κ1) is 19.8. The Labute approximate surface area is 157 Å². The number of benzene rings is 1. The number of likely N-dealkylation sites (tertiary alicyclic amines) is 1. The lowest BCUT2D eigenvalue weighted by atomic mass is 9.54. The average molecular weight is 385 g/mol. The van der Waals surface area contributed by atoms with Gasteiger partial charge in [0.05, 0.1) is 0 Å². The second-order valence-electron chi connectivity index (χ2n) is 8.54. The molecular weight excluding hydrogens is 359 g/mol. The Morgan fingerprint density at radius 1 is 1.15 bits per heavy atom. The first-order valence-electron chi connectivity index (χ1n) is 9.31. The topological polar surface area (TPSA) is 38.8 Å². The third kappa shape index (κ3) is 4.68. The van der Waals surface area contributed by atoms with Gasteiger partial charge in [-0.3, -0.25) is 0 Å². The van der Waals surface area contributed by atoms with Crippen LogP contribution in [0.25, 0.3) is 0 Å². The number of hydrogen-bond donors (Lipinski definition) is 0. The van der Waals surface area contributed by atoms with E-state index in [-0.39, 0.29) is 23.2 Å². The van der Waals surface area contributed by atoms with Gasteiger partial charge in [0.25, 0.3) is 0 Å². The monoisotopic (exact) mass is 385 g/mol. The fourth-order valence-corrected chi connectivity index (χ4v) is 4.21. The van der Waals surface area contributed by atoms with Crippen molar-refractivity contribution in [3.63, 3.8) is 0 Å². The van der Waals surface area contributed by atoms with Crippen molar-refractivity contribution in [1.82, 2.24) is 4.90 Å². The van der Waals surface area contributed by atoms with E-state index in [2.05, 4.69) is 4.74 Å². The molecule has 1 atom stereocenters. The maximum atomic E-state index is 12.5. The van der Waals surface area contributed by atoms with Crippen molar-refractivity contribution in [1.29, 1.82) is 0 Å². The molecule has 0 bridgehead atoms. The molecule has 3 rings (SSSR count). The summed E-state index contributed by atoms with van der Waals surface area (Å²) in [5.74, 6) is 0.0308. The fourth-order valence-electron chi connectivity index (χ4n) is 4.21. The lowest BCUT2D eigenvalue weighted by Gasteiger charge is -2.54. The number of ether oxygens (including phenoxy) is 2. The van der Waals surface area contributed by atoms with Gasteiger partial charge in [0.15, 0.2) is 0 Å². The van der Waals surface area contributed by atoms with E-state index in [0.717, 1.165) is 31.2 Å².